The van der Waals surface area contributed by atoms with Gasteiger partial charge in [0.2, 0.25) is 0 Å². The summed E-state index contributed by atoms with van der Waals surface area (Å²) in [5, 5.41) is 3.37. The lowest BCUT2D eigenvalue weighted by Crippen LogP contribution is -2.42. The summed E-state index contributed by atoms with van der Waals surface area (Å²) in [5.41, 5.74) is 0.234. The third-order valence-electron chi connectivity index (χ3n) is 2.26. The number of ether oxygens (including phenoxy) is 1. The molecule has 1 aliphatic heterocycles. The van der Waals surface area contributed by atoms with Crippen molar-refractivity contribution in [3.05, 3.63) is 21.3 Å². The van der Waals surface area contributed by atoms with E-state index in [1.165, 1.54) is 0 Å². The Labute approximate surface area is 105 Å². The molecule has 1 aromatic rings. The molecule has 1 aliphatic rings. The van der Waals surface area contributed by atoms with E-state index in [1.807, 2.05) is 12.1 Å². The van der Waals surface area contributed by atoms with Crippen LogP contribution in [0.3, 0.4) is 0 Å². The maximum absolute atomic E-state index is 5.87. The second-order valence-corrected chi connectivity index (χ2v) is 6.12. The van der Waals surface area contributed by atoms with E-state index >= 15 is 0 Å². The van der Waals surface area contributed by atoms with Crippen molar-refractivity contribution in [1.29, 1.82) is 0 Å². The summed E-state index contributed by atoms with van der Waals surface area (Å²) in [6.07, 6.45) is 0.0283. The van der Waals surface area contributed by atoms with Gasteiger partial charge in [-0.05, 0) is 12.1 Å². The van der Waals surface area contributed by atoms with Crippen molar-refractivity contribution >= 4 is 35.3 Å². The van der Waals surface area contributed by atoms with Gasteiger partial charge in [0.15, 0.2) is 0 Å². The fourth-order valence-electron chi connectivity index (χ4n) is 1.44. The van der Waals surface area contributed by atoms with Gasteiger partial charge in [0.25, 0.3) is 0 Å². The molecular weight excluding hydrogens is 253 g/mol. The minimum absolute atomic E-state index is 0. The van der Waals surface area contributed by atoms with Gasteiger partial charge >= 0.3 is 0 Å². The van der Waals surface area contributed by atoms with Crippen molar-refractivity contribution in [3.8, 4) is 0 Å². The first-order valence-electron chi connectivity index (χ1n) is 4.67. The van der Waals surface area contributed by atoms with Gasteiger partial charge in [0, 0.05) is 16.8 Å². The third-order valence-corrected chi connectivity index (χ3v) is 3.53. The highest BCUT2D eigenvalue weighted by molar-refractivity contribution is 7.16. The molecule has 86 valence electrons. The Kier molecular flexibility index (Phi) is 4.44. The molecule has 5 heteroatoms. The predicted octanol–water partition coefficient (Wildman–Crippen LogP) is 3.47. The highest BCUT2D eigenvalue weighted by Crippen LogP contribution is 2.31. The van der Waals surface area contributed by atoms with Crippen LogP contribution in [-0.2, 0) is 4.74 Å². The van der Waals surface area contributed by atoms with Gasteiger partial charge in [-0.1, -0.05) is 25.4 Å². The minimum Gasteiger partial charge on any atom is -0.358 e. The Hall–Kier alpha value is 0.200. The molecule has 0 amide bonds. The van der Waals surface area contributed by atoms with Crippen LogP contribution < -0.4 is 5.32 Å². The van der Waals surface area contributed by atoms with E-state index < -0.39 is 0 Å². The van der Waals surface area contributed by atoms with Crippen LogP contribution in [0.2, 0.25) is 4.34 Å². The molecule has 0 spiro atoms. The Morgan fingerprint density at radius 1 is 1.53 bits per heavy atom. The first-order valence-corrected chi connectivity index (χ1v) is 5.86. The lowest BCUT2D eigenvalue weighted by atomic mass is 9.93. The molecule has 2 rings (SSSR count). The van der Waals surface area contributed by atoms with Gasteiger partial charge in [0.1, 0.15) is 6.23 Å². The number of halogens is 2. The standard InChI is InChI=1S/C10H14ClNOS.ClH/c1-10(2)5-12-9(13-6-10)7-3-4-8(11)14-7;/h3-4,9,12H,5-6H2,1-2H3;1H. The van der Waals surface area contributed by atoms with Crippen LogP contribution in [0, 0.1) is 5.41 Å². The van der Waals surface area contributed by atoms with Gasteiger partial charge in [-0.2, -0.15) is 0 Å². The first-order chi connectivity index (χ1) is 6.57. The van der Waals surface area contributed by atoms with Crippen LogP contribution in [0.15, 0.2) is 12.1 Å². The van der Waals surface area contributed by atoms with E-state index in [9.17, 15) is 0 Å². The topological polar surface area (TPSA) is 21.3 Å². The number of thiophene rings is 1. The summed E-state index contributed by atoms with van der Waals surface area (Å²) in [7, 11) is 0. The summed E-state index contributed by atoms with van der Waals surface area (Å²) in [6.45, 7) is 6.16. The zero-order chi connectivity index (χ0) is 10.2. The fraction of sp³-hybridized carbons (Fsp3) is 0.600. The van der Waals surface area contributed by atoms with Gasteiger partial charge < -0.3 is 4.74 Å². The van der Waals surface area contributed by atoms with Gasteiger partial charge in [0.05, 0.1) is 10.9 Å². The molecule has 2 nitrogen and oxygen atoms in total. The molecule has 1 saturated heterocycles. The first kappa shape index (κ1) is 13.3. The summed E-state index contributed by atoms with van der Waals surface area (Å²) in [4.78, 5) is 1.16. The SMILES string of the molecule is CC1(C)CNC(c2ccc(Cl)s2)OC1.Cl. The normalized spacial score (nSPS) is 24.6. The molecule has 0 aromatic carbocycles. The van der Waals surface area contributed by atoms with Gasteiger partial charge in [-0.15, -0.1) is 23.7 Å². The molecule has 1 aromatic heterocycles. The molecule has 2 heterocycles. The highest BCUT2D eigenvalue weighted by atomic mass is 35.5. The van der Waals surface area contributed by atoms with E-state index in [0.717, 1.165) is 22.4 Å². The lowest BCUT2D eigenvalue weighted by molar-refractivity contribution is -0.0577. The predicted molar refractivity (Wildman–Crippen MR) is 67.1 cm³/mol. The van der Waals surface area contributed by atoms with Crippen LogP contribution in [0.5, 0.6) is 0 Å². The third kappa shape index (κ3) is 3.33. The molecule has 0 saturated carbocycles. The molecule has 1 N–H and O–H groups in total. The molecule has 1 atom stereocenters. The molecule has 0 radical (unpaired) electrons. The zero-order valence-electron chi connectivity index (χ0n) is 8.75. The average molecular weight is 268 g/mol. The molecule has 15 heavy (non-hydrogen) atoms. The Morgan fingerprint density at radius 3 is 2.73 bits per heavy atom. The molecule has 1 unspecified atom stereocenters. The van der Waals surface area contributed by atoms with Crippen molar-refractivity contribution < 1.29 is 4.74 Å². The van der Waals surface area contributed by atoms with E-state index in [1.54, 1.807) is 11.3 Å². The van der Waals surface area contributed by atoms with E-state index in [-0.39, 0.29) is 24.0 Å². The van der Waals surface area contributed by atoms with Crippen LogP contribution in [0.25, 0.3) is 0 Å². The molecular formula is C10H15Cl2NOS. The minimum atomic E-state index is 0. The molecule has 0 aliphatic carbocycles. The number of hydrogen-bond acceptors (Lipinski definition) is 3. The number of nitrogens with one attached hydrogen (secondary N) is 1. The van der Waals surface area contributed by atoms with Crippen LogP contribution >= 0.6 is 35.3 Å². The second kappa shape index (κ2) is 5.02. The molecule has 0 bridgehead atoms. The number of hydrogen-bond donors (Lipinski definition) is 1. The van der Waals surface area contributed by atoms with E-state index in [2.05, 4.69) is 19.2 Å². The summed E-state index contributed by atoms with van der Waals surface area (Å²) in [5.74, 6) is 0. The Balaban J connectivity index is 0.00000112. The Bertz CT molecular complexity index is 317. The Morgan fingerprint density at radius 2 is 2.27 bits per heavy atom. The van der Waals surface area contributed by atoms with Crippen molar-refractivity contribution in [2.75, 3.05) is 13.2 Å². The average Bonchev–Trinajstić information content (AvgIpc) is 2.52. The van der Waals surface area contributed by atoms with Crippen molar-refractivity contribution in [3.63, 3.8) is 0 Å². The van der Waals surface area contributed by atoms with Crippen LogP contribution in [0.4, 0.5) is 0 Å². The monoisotopic (exact) mass is 267 g/mol. The lowest BCUT2D eigenvalue weighted by Gasteiger charge is -2.35. The molecule has 1 fully saturated rings. The summed E-state index contributed by atoms with van der Waals surface area (Å²) in [6, 6.07) is 3.93. The highest BCUT2D eigenvalue weighted by Gasteiger charge is 2.28. The van der Waals surface area contributed by atoms with Crippen molar-refractivity contribution in [2.45, 2.75) is 20.1 Å². The second-order valence-electron chi connectivity index (χ2n) is 4.38. The van der Waals surface area contributed by atoms with Crippen LogP contribution in [0.1, 0.15) is 25.0 Å². The fourth-order valence-corrected chi connectivity index (χ4v) is 2.53. The largest absolute Gasteiger partial charge is 0.358 e. The van der Waals surface area contributed by atoms with E-state index in [4.69, 9.17) is 16.3 Å². The summed E-state index contributed by atoms with van der Waals surface area (Å²) < 4.78 is 6.55. The van der Waals surface area contributed by atoms with Gasteiger partial charge in [-0.3, -0.25) is 5.32 Å². The zero-order valence-corrected chi connectivity index (χ0v) is 11.1. The van der Waals surface area contributed by atoms with Gasteiger partial charge in [-0.25, -0.2) is 0 Å². The van der Waals surface area contributed by atoms with Crippen molar-refractivity contribution in [1.82, 2.24) is 5.32 Å². The summed E-state index contributed by atoms with van der Waals surface area (Å²) >= 11 is 7.44. The van der Waals surface area contributed by atoms with Crippen LogP contribution in [-0.4, -0.2) is 13.2 Å². The van der Waals surface area contributed by atoms with E-state index in [0.29, 0.717) is 0 Å². The number of rotatable bonds is 1. The van der Waals surface area contributed by atoms with Crippen molar-refractivity contribution in [2.24, 2.45) is 5.41 Å². The quantitative estimate of drug-likeness (QED) is 0.842. The smallest absolute Gasteiger partial charge is 0.143 e. The maximum atomic E-state index is 5.87. The maximum Gasteiger partial charge on any atom is 0.143 e.